The van der Waals surface area contributed by atoms with Crippen LogP contribution in [0.3, 0.4) is 0 Å². The fourth-order valence-corrected chi connectivity index (χ4v) is 6.10. The van der Waals surface area contributed by atoms with Crippen LogP contribution in [0.5, 0.6) is 0 Å². The van der Waals surface area contributed by atoms with E-state index in [1.807, 2.05) is 67.6 Å². The van der Waals surface area contributed by atoms with E-state index in [1.165, 1.54) is 4.90 Å². The van der Waals surface area contributed by atoms with Gasteiger partial charge in [0.25, 0.3) is 0 Å². The second-order valence-corrected chi connectivity index (χ2v) is 12.8. The van der Waals surface area contributed by atoms with Crippen molar-refractivity contribution in [1.82, 2.24) is 10.2 Å². The van der Waals surface area contributed by atoms with Crippen molar-refractivity contribution in [2.75, 3.05) is 23.7 Å². The van der Waals surface area contributed by atoms with Crippen LogP contribution in [0.1, 0.15) is 24.5 Å². The van der Waals surface area contributed by atoms with Crippen LogP contribution in [0, 0.1) is 0 Å². The molecule has 2 amide bonds. The Morgan fingerprint density at radius 1 is 0.905 bits per heavy atom. The molecule has 4 rings (SSSR count). The monoisotopic (exact) mass is 625 g/mol. The molecule has 10 heteroatoms. The third-order valence-electron chi connectivity index (χ3n) is 6.89. The Morgan fingerprint density at radius 3 is 2.29 bits per heavy atom. The summed E-state index contributed by atoms with van der Waals surface area (Å²) >= 11 is 12.6. The van der Waals surface area contributed by atoms with Crippen molar-refractivity contribution in [3.05, 3.63) is 112 Å². The summed E-state index contributed by atoms with van der Waals surface area (Å²) in [5.41, 5.74) is 1.80. The van der Waals surface area contributed by atoms with Crippen LogP contribution in [0.2, 0.25) is 10.0 Å². The van der Waals surface area contributed by atoms with Crippen molar-refractivity contribution in [1.29, 1.82) is 0 Å². The van der Waals surface area contributed by atoms with Gasteiger partial charge in [-0.25, -0.2) is 8.42 Å². The van der Waals surface area contributed by atoms with Crippen LogP contribution in [-0.2, 0) is 32.6 Å². The molecular weight excluding hydrogens is 593 g/mol. The number of amides is 2. The van der Waals surface area contributed by atoms with E-state index in [1.54, 1.807) is 30.3 Å². The minimum absolute atomic E-state index is 0.0287. The van der Waals surface area contributed by atoms with Crippen molar-refractivity contribution in [2.24, 2.45) is 0 Å². The smallest absolute Gasteiger partial charge is 0.244 e. The Bertz CT molecular complexity index is 1660. The number of hydrogen-bond acceptors (Lipinski definition) is 4. The van der Waals surface area contributed by atoms with Gasteiger partial charge in [-0.3, -0.25) is 13.9 Å². The molecule has 0 aliphatic carbocycles. The summed E-state index contributed by atoms with van der Waals surface area (Å²) in [5.74, 6) is -0.887. The number of benzene rings is 4. The molecule has 0 aliphatic rings. The first-order chi connectivity index (χ1) is 20.1. The van der Waals surface area contributed by atoms with E-state index < -0.39 is 28.5 Å². The maximum absolute atomic E-state index is 14.3. The zero-order valence-electron chi connectivity index (χ0n) is 23.5. The lowest BCUT2D eigenvalue weighted by Crippen LogP contribution is -2.53. The van der Waals surface area contributed by atoms with Crippen molar-refractivity contribution in [3.63, 3.8) is 0 Å². The molecule has 4 aromatic carbocycles. The molecule has 42 heavy (non-hydrogen) atoms. The highest BCUT2D eigenvalue weighted by Gasteiger charge is 2.33. The predicted molar refractivity (Wildman–Crippen MR) is 170 cm³/mol. The topological polar surface area (TPSA) is 86.8 Å². The Hall–Kier alpha value is -3.59. The largest absolute Gasteiger partial charge is 0.354 e. The highest BCUT2D eigenvalue weighted by Crippen LogP contribution is 2.29. The first kappa shape index (κ1) is 31.3. The van der Waals surface area contributed by atoms with E-state index in [9.17, 15) is 18.0 Å². The first-order valence-corrected chi connectivity index (χ1v) is 16.2. The van der Waals surface area contributed by atoms with E-state index in [-0.39, 0.29) is 18.9 Å². The summed E-state index contributed by atoms with van der Waals surface area (Å²) in [6.45, 7) is 1.83. The fourth-order valence-electron chi connectivity index (χ4n) is 4.77. The van der Waals surface area contributed by atoms with Gasteiger partial charge in [-0.15, -0.1) is 0 Å². The lowest BCUT2D eigenvalue weighted by Gasteiger charge is -2.34. The molecule has 220 valence electrons. The van der Waals surface area contributed by atoms with Crippen LogP contribution >= 0.6 is 23.2 Å². The number of rotatable bonds is 12. The number of hydrogen-bond donors (Lipinski definition) is 1. The molecule has 1 unspecified atom stereocenters. The number of halogens is 2. The van der Waals surface area contributed by atoms with Crippen molar-refractivity contribution >= 4 is 61.5 Å². The van der Waals surface area contributed by atoms with Gasteiger partial charge in [-0.1, -0.05) is 103 Å². The zero-order valence-corrected chi connectivity index (χ0v) is 25.8. The second-order valence-electron chi connectivity index (χ2n) is 10.0. The fraction of sp³-hybridized carbons (Fsp3) is 0.250. The van der Waals surface area contributed by atoms with Crippen molar-refractivity contribution < 1.29 is 18.0 Å². The lowest BCUT2D eigenvalue weighted by atomic mass is 10.0. The number of nitrogens with zero attached hydrogens (tertiary/aromatic N) is 2. The summed E-state index contributed by atoms with van der Waals surface area (Å²) in [6, 6.07) is 26.1. The lowest BCUT2D eigenvalue weighted by molar-refractivity contribution is -0.140. The van der Waals surface area contributed by atoms with Gasteiger partial charge < -0.3 is 10.2 Å². The molecule has 4 aromatic rings. The summed E-state index contributed by atoms with van der Waals surface area (Å²) < 4.78 is 27.4. The van der Waals surface area contributed by atoms with Crippen molar-refractivity contribution in [3.8, 4) is 0 Å². The Morgan fingerprint density at radius 2 is 1.60 bits per heavy atom. The second kappa shape index (κ2) is 14.1. The average molecular weight is 627 g/mol. The third-order valence-corrected chi connectivity index (χ3v) is 8.60. The molecule has 0 fully saturated rings. The van der Waals surface area contributed by atoms with Crippen LogP contribution < -0.4 is 9.62 Å². The highest BCUT2D eigenvalue weighted by atomic mass is 35.5. The molecule has 0 bridgehead atoms. The quantitative estimate of drug-likeness (QED) is 0.207. The molecule has 0 aromatic heterocycles. The number of carbonyl (C=O) groups is 2. The van der Waals surface area contributed by atoms with Gasteiger partial charge >= 0.3 is 0 Å². The van der Waals surface area contributed by atoms with Crippen LogP contribution in [-0.4, -0.2) is 50.5 Å². The number of fused-ring (bicyclic) bond motifs is 1. The van der Waals surface area contributed by atoms with Gasteiger partial charge in [-0.05, 0) is 41.1 Å². The summed E-state index contributed by atoms with van der Waals surface area (Å²) in [4.78, 5) is 29.3. The average Bonchev–Trinajstić information content (AvgIpc) is 2.97. The van der Waals surface area contributed by atoms with Gasteiger partial charge in [0, 0.05) is 34.9 Å². The van der Waals surface area contributed by atoms with E-state index in [2.05, 4.69) is 5.32 Å². The molecule has 0 saturated carbocycles. The molecule has 0 saturated heterocycles. The van der Waals surface area contributed by atoms with Crippen molar-refractivity contribution in [2.45, 2.75) is 32.4 Å². The van der Waals surface area contributed by atoms with E-state index in [4.69, 9.17) is 23.2 Å². The normalized spacial score (nSPS) is 12.1. The third kappa shape index (κ3) is 7.82. The first-order valence-electron chi connectivity index (χ1n) is 13.6. The molecule has 0 aliphatic heterocycles. The maximum Gasteiger partial charge on any atom is 0.244 e. The number of sulfonamides is 1. The van der Waals surface area contributed by atoms with Gasteiger partial charge in [0.1, 0.15) is 12.6 Å². The van der Waals surface area contributed by atoms with Crippen LogP contribution in [0.4, 0.5) is 5.69 Å². The molecule has 0 heterocycles. The minimum Gasteiger partial charge on any atom is -0.354 e. The SMILES string of the molecule is CCCNC(=O)C(Cc1ccccc1)N(Cc1ccc(Cl)cc1Cl)C(=O)CN(c1cccc2ccccc12)S(C)(=O)=O. The van der Waals surface area contributed by atoms with E-state index in [0.717, 1.165) is 21.5 Å². The Labute approximate surface area is 257 Å². The number of anilines is 1. The predicted octanol–water partition coefficient (Wildman–Crippen LogP) is 6.08. The number of carbonyl (C=O) groups excluding carboxylic acids is 2. The van der Waals surface area contributed by atoms with Gasteiger partial charge in [0.15, 0.2) is 0 Å². The Balaban J connectivity index is 1.79. The van der Waals surface area contributed by atoms with Crippen LogP contribution in [0.15, 0.2) is 91.0 Å². The standard InChI is InChI=1S/C32H33Cl2N3O4S/c1-3-18-35-32(39)30(19-23-10-5-4-6-11-23)36(21-25-16-17-26(33)20-28(25)34)31(38)22-37(42(2,40)41)29-15-9-13-24-12-7-8-14-27(24)29/h4-17,20,30H,3,18-19,21-22H2,1-2H3,(H,35,39). The van der Waals surface area contributed by atoms with E-state index in [0.29, 0.717) is 39.6 Å². The molecular formula is C32H33Cl2N3O4S. The van der Waals surface area contributed by atoms with Gasteiger partial charge in [-0.2, -0.15) is 0 Å². The molecule has 0 spiro atoms. The maximum atomic E-state index is 14.3. The number of nitrogens with one attached hydrogen (secondary N) is 1. The Kier molecular flexibility index (Phi) is 10.5. The van der Waals surface area contributed by atoms with Gasteiger partial charge in [0.05, 0.1) is 11.9 Å². The molecule has 0 radical (unpaired) electrons. The molecule has 1 N–H and O–H groups in total. The molecule has 1 atom stereocenters. The summed E-state index contributed by atoms with van der Waals surface area (Å²) in [5, 5.41) is 5.21. The van der Waals surface area contributed by atoms with Gasteiger partial charge in [0.2, 0.25) is 21.8 Å². The van der Waals surface area contributed by atoms with Crippen LogP contribution in [0.25, 0.3) is 10.8 Å². The summed E-state index contributed by atoms with van der Waals surface area (Å²) in [6.07, 6.45) is 2.00. The zero-order chi connectivity index (χ0) is 30.3. The highest BCUT2D eigenvalue weighted by molar-refractivity contribution is 7.92. The molecule has 7 nitrogen and oxygen atoms in total. The minimum atomic E-state index is -3.90. The van der Waals surface area contributed by atoms with E-state index >= 15 is 0 Å². The summed E-state index contributed by atoms with van der Waals surface area (Å²) in [7, 11) is -3.90.